The minimum Gasteiger partial charge on any atom is -0.369 e. The maximum Gasteiger partial charge on any atom is 0.233 e. The van der Waals surface area contributed by atoms with Crippen molar-refractivity contribution in [2.45, 2.75) is 93.0 Å². The molecule has 0 aromatic rings. The molecule has 3 atom stereocenters. The van der Waals surface area contributed by atoms with Crippen LogP contribution in [0.5, 0.6) is 0 Å². The zero-order valence-electron chi connectivity index (χ0n) is 22.3. The largest absolute Gasteiger partial charge is 0.369 e. The molecule has 0 saturated carbocycles. The Morgan fingerprint density at radius 1 is 0.848 bits per heavy atom. The zero-order chi connectivity index (χ0) is 26.0. The van der Waals surface area contributed by atoms with Crippen LogP contribution in [0.2, 0.25) is 0 Å². The molecule has 0 spiro atoms. The molecule has 8 N–H and O–H groups in total. The van der Waals surface area contributed by atoms with Crippen molar-refractivity contribution in [3.05, 3.63) is 0 Å². The molecular weight excluding hydrogens is 418 g/mol. The number of carbonyl (C=O) groups is 3. The summed E-state index contributed by atoms with van der Waals surface area (Å²) in [7, 11) is 0. The summed E-state index contributed by atoms with van der Waals surface area (Å²) in [6.07, 6.45) is 3.75. The van der Waals surface area contributed by atoms with Crippen molar-refractivity contribution in [2.75, 3.05) is 19.6 Å². The Kier molecular flexibility index (Phi) is 12.6. The van der Waals surface area contributed by atoms with Gasteiger partial charge in [0, 0.05) is 30.5 Å². The average Bonchev–Trinajstić information content (AvgIpc) is 2.66. The number of hydrogen-bond acceptors (Lipinski definition) is 5. The lowest BCUT2D eigenvalue weighted by molar-refractivity contribution is -0.131. The molecule has 0 fully saturated rings. The lowest BCUT2D eigenvalue weighted by Crippen LogP contribution is -2.48. The molecule has 3 unspecified atom stereocenters. The van der Waals surface area contributed by atoms with E-state index in [1.54, 1.807) is 0 Å². The van der Waals surface area contributed by atoms with Gasteiger partial charge in [0.1, 0.15) is 0 Å². The standard InChI is InChI=1S/C25H51N5O3/c1-17(25(7,8)19(21(27)32)15-24(5,6)28)14-18(23(2,3)4)22(33)30-13-11-9-10-12-29-20(31)16-26/h17-19H,9-16,26,28H2,1-8H3,(H2,27,32)(H,29,31)(H,30,33). The minimum atomic E-state index is -0.509. The minimum absolute atomic E-state index is 0.00362. The van der Waals surface area contributed by atoms with Crippen LogP contribution in [0, 0.1) is 28.6 Å². The normalized spacial score (nSPS) is 15.5. The van der Waals surface area contributed by atoms with E-state index >= 15 is 0 Å². The van der Waals surface area contributed by atoms with Gasteiger partial charge in [0.2, 0.25) is 17.7 Å². The second-order valence-electron chi connectivity index (χ2n) is 11.9. The van der Waals surface area contributed by atoms with Crippen molar-refractivity contribution in [2.24, 2.45) is 45.8 Å². The Morgan fingerprint density at radius 2 is 1.36 bits per heavy atom. The summed E-state index contributed by atoms with van der Waals surface area (Å²) < 4.78 is 0. The van der Waals surface area contributed by atoms with Crippen molar-refractivity contribution in [1.82, 2.24) is 10.6 Å². The van der Waals surface area contributed by atoms with Crippen LogP contribution in [0.3, 0.4) is 0 Å². The topological polar surface area (TPSA) is 153 Å². The van der Waals surface area contributed by atoms with Crippen LogP contribution in [-0.2, 0) is 14.4 Å². The van der Waals surface area contributed by atoms with Crippen LogP contribution < -0.4 is 27.8 Å². The highest BCUT2D eigenvalue weighted by Gasteiger charge is 2.43. The molecule has 0 heterocycles. The highest BCUT2D eigenvalue weighted by atomic mass is 16.2. The molecule has 0 rings (SSSR count). The molecule has 33 heavy (non-hydrogen) atoms. The quantitative estimate of drug-likeness (QED) is 0.233. The van der Waals surface area contributed by atoms with Gasteiger partial charge in [0.15, 0.2) is 0 Å². The number of amides is 3. The van der Waals surface area contributed by atoms with Crippen molar-refractivity contribution in [3.63, 3.8) is 0 Å². The third-order valence-corrected chi connectivity index (χ3v) is 6.85. The fourth-order valence-corrected chi connectivity index (χ4v) is 4.17. The number of unbranched alkanes of at least 4 members (excludes halogenated alkanes) is 2. The van der Waals surface area contributed by atoms with Crippen LogP contribution in [0.4, 0.5) is 0 Å². The fraction of sp³-hybridized carbons (Fsp3) is 0.880. The molecule has 0 aliphatic rings. The number of hydrogen-bond donors (Lipinski definition) is 5. The van der Waals surface area contributed by atoms with Crippen molar-refractivity contribution in [1.29, 1.82) is 0 Å². The van der Waals surface area contributed by atoms with E-state index in [4.69, 9.17) is 17.2 Å². The molecule has 3 amide bonds. The number of rotatable bonds is 15. The molecule has 0 aliphatic carbocycles. The summed E-state index contributed by atoms with van der Waals surface area (Å²) in [5, 5.41) is 5.83. The lowest BCUT2D eigenvalue weighted by atomic mass is 9.62. The first kappa shape index (κ1) is 31.3. The van der Waals surface area contributed by atoms with Crippen molar-refractivity contribution >= 4 is 17.7 Å². The van der Waals surface area contributed by atoms with Gasteiger partial charge in [-0.2, -0.15) is 0 Å². The van der Waals surface area contributed by atoms with Gasteiger partial charge in [0.25, 0.3) is 0 Å². The van der Waals surface area contributed by atoms with Gasteiger partial charge in [-0.05, 0) is 62.7 Å². The van der Waals surface area contributed by atoms with E-state index in [0.717, 1.165) is 19.3 Å². The van der Waals surface area contributed by atoms with Crippen LogP contribution >= 0.6 is 0 Å². The number of carbonyl (C=O) groups excluding carboxylic acids is 3. The van der Waals surface area contributed by atoms with Crippen molar-refractivity contribution in [3.8, 4) is 0 Å². The second-order valence-corrected chi connectivity index (χ2v) is 11.9. The summed E-state index contributed by atoms with van der Waals surface area (Å²) in [5.41, 5.74) is 16.1. The highest BCUT2D eigenvalue weighted by molar-refractivity contribution is 5.79. The third kappa shape index (κ3) is 11.8. The van der Waals surface area contributed by atoms with E-state index in [0.29, 0.717) is 25.9 Å². The lowest BCUT2D eigenvalue weighted by Gasteiger charge is -2.43. The monoisotopic (exact) mass is 469 g/mol. The van der Waals surface area contributed by atoms with Gasteiger partial charge in [-0.15, -0.1) is 0 Å². The fourth-order valence-electron chi connectivity index (χ4n) is 4.17. The van der Waals surface area contributed by atoms with E-state index in [9.17, 15) is 14.4 Å². The van der Waals surface area contributed by atoms with E-state index < -0.39 is 11.0 Å². The van der Waals surface area contributed by atoms with Gasteiger partial charge >= 0.3 is 0 Å². The summed E-state index contributed by atoms with van der Waals surface area (Å²) in [6, 6.07) is 0. The molecular formula is C25H51N5O3. The van der Waals surface area contributed by atoms with E-state index in [2.05, 4.69) is 52.2 Å². The van der Waals surface area contributed by atoms with E-state index in [-0.39, 0.29) is 47.4 Å². The van der Waals surface area contributed by atoms with Gasteiger partial charge in [-0.3, -0.25) is 14.4 Å². The van der Waals surface area contributed by atoms with E-state index in [1.807, 2.05) is 13.8 Å². The first-order valence-electron chi connectivity index (χ1n) is 12.3. The van der Waals surface area contributed by atoms with Crippen LogP contribution in [-0.4, -0.2) is 42.9 Å². The predicted molar refractivity (Wildman–Crippen MR) is 135 cm³/mol. The Morgan fingerprint density at radius 3 is 1.79 bits per heavy atom. The molecule has 8 heteroatoms. The molecule has 0 aliphatic heterocycles. The van der Waals surface area contributed by atoms with Crippen LogP contribution in [0.25, 0.3) is 0 Å². The highest BCUT2D eigenvalue weighted by Crippen LogP contribution is 2.44. The molecule has 0 aromatic carbocycles. The van der Waals surface area contributed by atoms with Crippen LogP contribution in [0.1, 0.15) is 87.5 Å². The van der Waals surface area contributed by atoms with Gasteiger partial charge in [-0.25, -0.2) is 0 Å². The number of nitrogens with two attached hydrogens (primary N) is 3. The SMILES string of the molecule is CC(CC(C(=O)NCCCCCNC(=O)CN)C(C)(C)C)C(C)(C)C(CC(C)(C)N)C(N)=O. The van der Waals surface area contributed by atoms with Crippen molar-refractivity contribution < 1.29 is 14.4 Å². The Bertz CT molecular complexity index is 635. The van der Waals surface area contributed by atoms with Gasteiger partial charge in [-0.1, -0.05) is 41.5 Å². The Labute approximate surface area is 201 Å². The zero-order valence-corrected chi connectivity index (χ0v) is 22.3. The number of primary amides is 1. The van der Waals surface area contributed by atoms with Gasteiger partial charge in [0.05, 0.1) is 6.54 Å². The first-order chi connectivity index (χ1) is 14.9. The third-order valence-electron chi connectivity index (χ3n) is 6.85. The maximum absolute atomic E-state index is 13.1. The van der Waals surface area contributed by atoms with Crippen LogP contribution in [0.15, 0.2) is 0 Å². The maximum atomic E-state index is 13.1. The average molecular weight is 470 g/mol. The molecule has 0 bridgehead atoms. The second kappa shape index (κ2) is 13.3. The summed E-state index contributed by atoms with van der Waals surface area (Å²) in [6.45, 7) is 17.4. The number of nitrogens with one attached hydrogen (secondary N) is 2. The first-order valence-corrected chi connectivity index (χ1v) is 12.3. The predicted octanol–water partition coefficient (Wildman–Crippen LogP) is 2.29. The summed E-state index contributed by atoms with van der Waals surface area (Å²) >= 11 is 0. The molecule has 0 aromatic heterocycles. The smallest absolute Gasteiger partial charge is 0.233 e. The Hall–Kier alpha value is -1.67. The summed E-state index contributed by atoms with van der Waals surface area (Å²) in [5.74, 6) is -0.951. The molecule has 8 nitrogen and oxygen atoms in total. The summed E-state index contributed by atoms with van der Waals surface area (Å²) in [4.78, 5) is 36.6. The van der Waals surface area contributed by atoms with Gasteiger partial charge < -0.3 is 27.8 Å². The molecule has 0 radical (unpaired) electrons. The molecule has 194 valence electrons. The molecule has 0 saturated heterocycles. The van der Waals surface area contributed by atoms with E-state index in [1.165, 1.54) is 0 Å². The Balaban J connectivity index is 5.02.